The van der Waals surface area contributed by atoms with Gasteiger partial charge in [-0.15, -0.1) is 0 Å². The molecule has 6 rings (SSSR count). The molecule has 4 aliphatic rings. The summed E-state index contributed by atoms with van der Waals surface area (Å²) in [5.41, 5.74) is -0.872. The van der Waals surface area contributed by atoms with Crippen molar-refractivity contribution in [3.63, 3.8) is 0 Å². The van der Waals surface area contributed by atoms with Crippen molar-refractivity contribution in [3.05, 3.63) is 51.4 Å². The molecule has 8 nitrogen and oxygen atoms in total. The summed E-state index contributed by atoms with van der Waals surface area (Å²) in [6.45, 7) is 0. The van der Waals surface area contributed by atoms with E-state index in [0.29, 0.717) is 30.4 Å². The van der Waals surface area contributed by atoms with Crippen LogP contribution in [0.25, 0.3) is 0 Å². The van der Waals surface area contributed by atoms with Crippen LogP contribution in [0.3, 0.4) is 0 Å². The van der Waals surface area contributed by atoms with E-state index in [1.165, 1.54) is 29.1 Å². The molecule has 0 saturated heterocycles. The van der Waals surface area contributed by atoms with Gasteiger partial charge in [-0.1, -0.05) is 23.7 Å². The number of nitrogens with one attached hydrogen (secondary N) is 1. The normalized spacial score (nSPS) is 30.9. The van der Waals surface area contributed by atoms with Crippen LogP contribution in [-0.4, -0.2) is 21.7 Å². The van der Waals surface area contributed by atoms with Gasteiger partial charge in [0.15, 0.2) is 0 Å². The Kier molecular flexibility index (Phi) is 4.58. The van der Waals surface area contributed by atoms with Gasteiger partial charge in [0, 0.05) is 17.6 Å². The zero-order valence-electron chi connectivity index (χ0n) is 16.5. The average Bonchev–Trinajstić information content (AvgIpc) is 2.70. The minimum absolute atomic E-state index is 0.00565. The zero-order chi connectivity index (χ0) is 21.9. The average molecular weight is 442 g/mol. The van der Waals surface area contributed by atoms with Gasteiger partial charge < -0.3 is 25.1 Å². The minimum atomic E-state index is -1.32. The molecular formula is C22H20ClN3O5-2. The summed E-state index contributed by atoms with van der Waals surface area (Å²) < 4.78 is 1.28. The number of aromatic carboxylic acids is 1. The third-order valence-corrected chi connectivity index (χ3v) is 7.61. The molecule has 0 amide bonds. The van der Waals surface area contributed by atoms with E-state index in [4.69, 9.17) is 11.6 Å². The van der Waals surface area contributed by atoms with E-state index < -0.39 is 29.0 Å². The van der Waals surface area contributed by atoms with Crippen LogP contribution < -0.4 is 21.1 Å². The van der Waals surface area contributed by atoms with E-state index in [9.17, 15) is 24.6 Å². The van der Waals surface area contributed by atoms with E-state index in [1.807, 2.05) is 0 Å². The van der Waals surface area contributed by atoms with Gasteiger partial charge in [0.1, 0.15) is 5.02 Å². The molecule has 9 heteroatoms. The van der Waals surface area contributed by atoms with Crippen LogP contribution in [0.4, 0.5) is 11.4 Å². The summed E-state index contributed by atoms with van der Waals surface area (Å²) in [5, 5.41) is 30.3. The molecule has 2 aromatic rings. The molecule has 4 bridgehead atoms. The van der Waals surface area contributed by atoms with Crippen molar-refractivity contribution in [1.29, 1.82) is 0 Å². The highest BCUT2D eigenvalue weighted by atomic mass is 35.5. The second-order valence-corrected chi connectivity index (χ2v) is 9.47. The maximum absolute atomic E-state index is 13.2. The van der Waals surface area contributed by atoms with Gasteiger partial charge in [-0.25, -0.2) is 4.68 Å². The van der Waals surface area contributed by atoms with Crippen molar-refractivity contribution in [2.24, 2.45) is 23.7 Å². The number of aromatic nitrogens is 2. The highest BCUT2D eigenvalue weighted by molar-refractivity contribution is 6.33. The van der Waals surface area contributed by atoms with E-state index >= 15 is 0 Å². The number of aliphatic carboxylic acids is 1. The molecule has 4 fully saturated rings. The molecule has 1 aromatic carbocycles. The van der Waals surface area contributed by atoms with Crippen LogP contribution in [0, 0.1) is 23.7 Å². The number of carbonyl (C=O) groups excluding carboxylic acids is 2. The largest absolute Gasteiger partial charge is 0.550 e. The van der Waals surface area contributed by atoms with Crippen molar-refractivity contribution in [2.45, 2.75) is 37.6 Å². The standard InChI is InChI=1S/C22H22ClN3O5/c23-18-16(25-15-3-1-2-13(7-15)20(28)29)10-24-26(19(18)27)22-8-11-4-12(9-22)6-14(5-11)17(22)21(30)31/h1-3,7,10-12,14,17,25H,4-6,8-9H2,(H,28,29)(H,30,31)/p-2/t11-,12+,14?,17-,22?/m0/s1. The predicted molar refractivity (Wildman–Crippen MR) is 108 cm³/mol. The molecule has 1 N–H and O–H groups in total. The topological polar surface area (TPSA) is 127 Å². The molecule has 1 aromatic heterocycles. The Balaban J connectivity index is 1.54. The van der Waals surface area contributed by atoms with E-state index in [-0.39, 0.29) is 22.2 Å². The highest BCUT2D eigenvalue weighted by Gasteiger charge is 2.59. The number of benzene rings is 1. The second kappa shape index (κ2) is 7.09. The second-order valence-electron chi connectivity index (χ2n) is 9.09. The molecule has 5 atom stereocenters. The van der Waals surface area contributed by atoms with Crippen molar-refractivity contribution >= 4 is 34.9 Å². The number of nitrogens with zero attached hydrogens (tertiary/aromatic N) is 2. The molecule has 2 unspecified atom stereocenters. The van der Waals surface area contributed by atoms with Crippen molar-refractivity contribution in [1.82, 2.24) is 9.78 Å². The smallest absolute Gasteiger partial charge is 0.288 e. The van der Waals surface area contributed by atoms with Crippen LogP contribution in [0.5, 0.6) is 0 Å². The fraction of sp³-hybridized carbons (Fsp3) is 0.455. The molecule has 0 spiro atoms. The number of carbonyl (C=O) groups is 2. The Morgan fingerprint density at radius 3 is 2.52 bits per heavy atom. The molecular weight excluding hydrogens is 422 g/mol. The van der Waals surface area contributed by atoms with Gasteiger partial charge >= 0.3 is 0 Å². The van der Waals surface area contributed by atoms with Crippen molar-refractivity contribution in [2.75, 3.05) is 5.32 Å². The van der Waals surface area contributed by atoms with Gasteiger partial charge in [0.25, 0.3) is 5.56 Å². The lowest BCUT2D eigenvalue weighted by Gasteiger charge is -2.61. The van der Waals surface area contributed by atoms with E-state index in [2.05, 4.69) is 10.4 Å². The minimum Gasteiger partial charge on any atom is -0.550 e. The van der Waals surface area contributed by atoms with E-state index in [0.717, 1.165) is 19.3 Å². The molecule has 0 radical (unpaired) electrons. The van der Waals surface area contributed by atoms with Crippen molar-refractivity contribution < 1.29 is 19.8 Å². The van der Waals surface area contributed by atoms with Crippen molar-refractivity contribution in [3.8, 4) is 0 Å². The molecule has 31 heavy (non-hydrogen) atoms. The fourth-order valence-corrected chi connectivity index (χ4v) is 6.61. The zero-order valence-corrected chi connectivity index (χ0v) is 17.3. The van der Waals surface area contributed by atoms with E-state index in [1.54, 1.807) is 6.07 Å². The lowest BCUT2D eigenvalue weighted by molar-refractivity contribution is -0.323. The number of carboxylic acid groups (broad SMARTS) is 2. The van der Waals surface area contributed by atoms with Crippen LogP contribution in [-0.2, 0) is 10.3 Å². The highest BCUT2D eigenvalue weighted by Crippen LogP contribution is 2.61. The first kappa shape index (κ1) is 20.1. The van der Waals surface area contributed by atoms with Crippen LogP contribution >= 0.6 is 11.6 Å². The monoisotopic (exact) mass is 441 g/mol. The maximum atomic E-state index is 13.2. The van der Waals surface area contributed by atoms with Crippen LogP contribution in [0.15, 0.2) is 35.3 Å². The first-order valence-electron chi connectivity index (χ1n) is 10.4. The van der Waals surface area contributed by atoms with Gasteiger partial charge in [-0.2, -0.15) is 5.10 Å². The Hall–Kier alpha value is -2.87. The summed E-state index contributed by atoms with van der Waals surface area (Å²) >= 11 is 6.39. The third kappa shape index (κ3) is 3.12. The molecule has 4 saturated carbocycles. The Morgan fingerprint density at radius 2 is 1.87 bits per heavy atom. The predicted octanol–water partition coefficient (Wildman–Crippen LogP) is 0.905. The third-order valence-electron chi connectivity index (χ3n) is 7.25. The maximum Gasteiger partial charge on any atom is 0.288 e. The summed E-state index contributed by atoms with van der Waals surface area (Å²) in [6, 6.07) is 5.92. The number of carboxylic acids is 2. The van der Waals surface area contributed by atoms with Crippen LogP contribution in [0.2, 0.25) is 5.02 Å². The number of halogens is 1. The lowest BCUT2D eigenvalue weighted by atomic mass is 9.48. The fourth-order valence-electron chi connectivity index (χ4n) is 6.43. The lowest BCUT2D eigenvalue weighted by Crippen LogP contribution is -2.65. The summed E-state index contributed by atoms with van der Waals surface area (Å²) in [4.78, 5) is 36.4. The van der Waals surface area contributed by atoms with Gasteiger partial charge in [-0.3, -0.25) is 4.79 Å². The summed E-state index contributed by atoms with van der Waals surface area (Å²) in [5.74, 6) is -2.46. The molecule has 0 aliphatic heterocycles. The quantitative estimate of drug-likeness (QED) is 0.730. The van der Waals surface area contributed by atoms with Gasteiger partial charge in [0.05, 0.1) is 23.4 Å². The molecule has 162 valence electrons. The number of hydrogen-bond donors (Lipinski definition) is 1. The Labute approximate surface area is 182 Å². The first-order valence-corrected chi connectivity index (χ1v) is 10.7. The molecule has 1 heterocycles. The SMILES string of the molecule is O=C([O-])c1cccc(Nc2cnn(C34C[C@@H]5CC(C[C@@H](C5)C3)[C@H]4C(=O)[O-])c(=O)c2Cl)c1. The van der Waals surface area contributed by atoms with Crippen LogP contribution in [0.1, 0.15) is 42.5 Å². The van der Waals surface area contributed by atoms with Gasteiger partial charge in [-0.05, 0) is 67.6 Å². The summed E-state index contributed by atoms with van der Waals surface area (Å²) in [7, 11) is 0. The number of rotatable bonds is 5. The number of hydrogen-bond acceptors (Lipinski definition) is 7. The first-order chi connectivity index (χ1) is 14.8. The molecule has 4 aliphatic carbocycles. The van der Waals surface area contributed by atoms with Gasteiger partial charge in [0.2, 0.25) is 0 Å². The Morgan fingerprint density at radius 1 is 1.16 bits per heavy atom. The number of anilines is 2. The summed E-state index contributed by atoms with van der Waals surface area (Å²) in [6.07, 6.45) is 5.33. The Bertz CT molecular complexity index is 1130.